The van der Waals surface area contributed by atoms with E-state index in [9.17, 15) is 5.11 Å². The van der Waals surface area contributed by atoms with Crippen LogP contribution in [0.5, 0.6) is 0 Å². The van der Waals surface area contributed by atoms with Gasteiger partial charge < -0.3 is 5.11 Å². The lowest BCUT2D eigenvalue weighted by Gasteiger charge is -2.24. The Bertz CT molecular complexity index is 411. The number of aliphatic hydroxyl groups excluding tert-OH is 1. The monoisotopic (exact) mass is 259 g/mol. The van der Waals surface area contributed by atoms with Gasteiger partial charge >= 0.3 is 0 Å². The quantitative estimate of drug-likeness (QED) is 0.891. The number of nitrogens with zero attached hydrogens (tertiary/aromatic N) is 1. The number of fused-ring (bicyclic) bond motifs is 1. The highest BCUT2D eigenvalue weighted by Crippen LogP contribution is 2.36. The summed E-state index contributed by atoms with van der Waals surface area (Å²) in [7, 11) is 0. The Morgan fingerprint density at radius 2 is 2.05 bits per heavy atom. The zero-order valence-corrected chi connectivity index (χ0v) is 11.7. The standard InChI is InChI=1S/C17H25NO/c19-16(11-8-13-5-2-1-3-6-13)15-10-9-14-7-4-12-18-17(14)15/h4,7,12-13,15-16,19H,1-3,5-6,8-11H2. The third-order valence-electron chi connectivity index (χ3n) is 5.06. The molecule has 1 saturated carbocycles. The summed E-state index contributed by atoms with van der Waals surface area (Å²) in [6.07, 6.45) is 13.0. The average Bonchev–Trinajstić information content (AvgIpc) is 2.90. The minimum absolute atomic E-state index is 0.182. The molecule has 1 heterocycles. The summed E-state index contributed by atoms with van der Waals surface area (Å²) >= 11 is 0. The fourth-order valence-electron chi connectivity index (χ4n) is 3.90. The van der Waals surface area contributed by atoms with Crippen molar-refractivity contribution in [3.63, 3.8) is 0 Å². The molecule has 104 valence electrons. The summed E-state index contributed by atoms with van der Waals surface area (Å²) in [6.45, 7) is 0. The average molecular weight is 259 g/mol. The summed E-state index contributed by atoms with van der Waals surface area (Å²) in [5, 5.41) is 10.5. The second-order valence-electron chi connectivity index (χ2n) is 6.34. The molecule has 0 bridgehead atoms. The first-order chi connectivity index (χ1) is 9.34. The molecule has 2 nitrogen and oxygen atoms in total. The number of rotatable bonds is 4. The maximum atomic E-state index is 10.5. The molecule has 3 rings (SSSR count). The van der Waals surface area contributed by atoms with Gasteiger partial charge in [0.15, 0.2) is 0 Å². The fourth-order valence-corrected chi connectivity index (χ4v) is 3.90. The second-order valence-corrected chi connectivity index (χ2v) is 6.34. The number of pyridine rings is 1. The van der Waals surface area contributed by atoms with Crippen molar-refractivity contribution in [1.29, 1.82) is 0 Å². The molecule has 0 spiro atoms. The summed E-state index contributed by atoms with van der Waals surface area (Å²) in [5.41, 5.74) is 2.52. The molecule has 1 aromatic rings. The van der Waals surface area contributed by atoms with Crippen LogP contribution in [-0.4, -0.2) is 16.2 Å². The minimum Gasteiger partial charge on any atom is -0.392 e. The van der Waals surface area contributed by atoms with E-state index >= 15 is 0 Å². The van der Waals surface area contributed by atoms with E-state index in [-0.39, 0.29) is 6.10 Å². The van der Waals surface area contributed by atoms with Gasteiger partial charge in [0, 0.05) is 17.8 Å². The van der Waals surface area contributed by atoms with Crippen LogP contribution in [-0.2, 0) is 6.42 Å². The molecule has 1 N–H and O–H groups in total. The van der Waals surface area contributed by atoms with Crippen LogP contribution in [0.1, 0.15) is 68.5 Å². The summed E-state index contributed by atoms with van der Waals surface area (Å²) in [5.74, 6) is 1.16. The van der Waals surface area contributed by atoms with Gasteiger partial charge in [0.2, 0.25) is 0 Å². The van der Waals surface area contributed by atoms with E-state index < -0.39 is 0 Å². The van der Waals surface area contributed by atoms with Gasteiger partial charge in [-0.15, -0.1) is 0 Å². The van der Waals surface area contributed by atoms with Gasteiger partial charge in [-0.2, -0.15) is 0 Å². The van der Waals surface area contributed by atoms with E-state index in [1.54, 1.807) is 0 Å². The lowest BCUT2D eigenvalue weighted by atomic mass is 9.84. The summed E-state index contributed by atoms with van der Waals surface area (Å²) in [4.78, 5) is 4.50. The number of hydrogen-bond donors (Lipinski definition) is 1. The first kappa shape index (κ1) is 13.1. The van der Waals surface area contributed by atoms with E-state index in [4.69, 9.17) is 0 Å². The molecule has 0 aromatic carbocycles. The molecule has 2 heteroatoms. The summed E-state index contributed by atoms with van der Waals surface area (Å²) in [6, 6.07) is 4.17. The molecule has 19 heavy (non-hydrogen) atoms. The van der Waals surface area contributed by atoms with E-state index in [2.05, 4.69) is 11.1 Å². The van der Waals surface area contributed by atoms with Crippen molar-refractivity contribution in [2.45, 2.75) is 69.8 Å². The molecule has 0 radical (unpaired) electrons. The number of hydrogen-bond acceptors (Lipinski definition) is 2. The maximum absolute atomic E-state index is 10.5. The Kier molecular flexibility index (Phi) is 4.17. The predicted octanol–water partition coefficient (Wildman–Crippen LogP) is 3.83. The zero-order valence-electron chi connectivity index (χ0n) is 11.7. The molecule has 1 fully saturated rings. The second kappa shape index (κ2) is 6.04. The lowest BCUT2D eigenvalue weighted by Crippen LogP contribution is -2.19. The lowest BCUT2D eigenvalue weighted by molar-refractivity contribution is 0.119. The zero-order chi connectivity index (χ0) is 13.1. The van der Waals surface area contributed by atoms with Crippen molar-refractivity contribution in [2.24, 2.45) is 5.92 Å². The third kappa shape index (κ3) is 3.00. The van der Waals surface area contributed by atoms with Crippen LogP contribution < -0.4 is 0 Å². The fraction of sp³-hybridized carbons (Fsp3) is 0.706. The van der Waals surface area contributed by atoms with Gasteiger partial charge in [0.05, 0.1) is 6.10 Å². The predicted molar refractivity (Wildman–Crippen MR) is 77.1 cm³/mol. The molecular formula is C17H25NO. The SMILES string of the molecule is OC(CCC1CCCCC1)C1CCc2cccnc21. The van der Waals surface area contributed by atoms with Gasteiger partial charge in [-0.3, -0.25) is 4.98 Å². The number of aromatic nitrogens is 1. The van der Waals surface area contributed by atoms with Crippen LogP contribution in [0.4, 0.5) is 0 Å². The van der Waals surface area contributed by atoms with Crippen molar-refractivity contribution >= 4 is 0 Å². The van der Waals surface area contributed by atoms with Crippen LogP contribution in [0.2, 0.25) is 0 Å². The Morgan fingerprint density at radius 1 is 1.21 bits per heavy atom. The van der Waals surface area contributed by atoms with Crippen LogP contribution in [0.25, 0.3) is 0 Å². The normalized spacial score (nSPS) is 25.2. The Balaban J connectivity index is 1.55. The van der Waals surface area contributed by atoms with Crippen LogP contribution in [0.15, 0.2) is 18.3 Å². The first-order valence-corrected chi connectivity index (χ1v) is 7.96. The van der Waals surface area contributed by atoms with E-state index in [0.717, 1.165) is 25.2 Å². The van der Waals surface area contributed by atoms with Crippen LogP contribution in [0.3, 0.4) is 0 Å². The van der Waals surface area contributed by atoms with Gasteiger partial charge in [-0.1, -0.05) is 38.2 Å². The first-order valence-electron chi connectivity index (χ1n) is 7.96. The number of aryl methyl sites for hydroxylation is 1. The minimum atomic E-state index is -0.182. The van der Waals surface area contributed by atoms with Gasteiger partial charge in [-0.25, -0.2) is 0 Å². The van der Waals surface area contributed by atoms with Crippen LogP contribution in [0, 0.1) is 5.92 Å². The Labute approximate surface area is 116 Å². The highest BCUT2D eigenvalue weighted by molar-refractivity contribution is 5.29. The third-order valence-corrected chi connectivity index (χ3v) is 5.06. The van der Waals surface area contributed by atoms with Crippen molar-refractivity contribution in [3.05, 3.63) is 29.6 Å². The highest BCUT2D eigenvalue weighted by Gasteiger charge is 2.30. The molecule has 0 aliphatic heterocycles. The maximum Gasteiger partial charge on any atom is 0.0624 e. The Hall–Kier alpha value is -0.890. The van der Waals surface area contributed by atoms with Gasteiger partial charge in [0.25, 0.3) is 0 Å². The van der Waals surface area contributed by atoms with Gasteiger partial charge in [-0.05, 0) is 43.2 Å². The molecule has 2 aliphatic rings. The highest BCUT2D eigenvalue weighted by atomic mass is 16.3. The van der Waals surface area contributed by atoms with Crippen LogP contribution >= 0.6 is 0 Å². The Morgan fingerprint density at radius 3 is 2.89 bits per heavy atom. The van der Waals surface area contributed by atoms with Gasteiger partial charge in [0.1, 0.15) is 0 Å². The van der Waals surface area contributed by atoms with E-state index in [1.165, 1.54) is 49.8 Å². The molecule has 0 saturated heterocycles. The van der Waals surface area contributed by atoms with Crippen molar-refractivity contribution in [3.8, 4) is 0 Å². The molecule has 0 amide bonds. The topological polar surface area (TPSA) is 33.1 Å². The van der Waals surface area contributed by atoms with Crippen molar-refractivity contribution in [1.82, 2.24) is 4.98 Å². The molecular weight excluding hydrogens is 234 g/mol. The smallest absolute Gasteiger partial charge is 0.0624 e. The van der Waals surface area contributed by atoms with Crippen molar-refractivity contribution in [2.75, 3.05) is 0 Å². The van der Waals surface area contributed by atoms with Crippen molar-refractivity contribution < 1.29 is 5.11 Å². The largest absolute Gasteiger partial charge is 0.392 e. The molecule has 2 unspecified atom stereocenters. The summed E-state index contributed by atoms with van der Waals surface area (Å²) < 4.78 is 0. The molecule has 2 atom stereocenters. The molecule has 1 aromatic heterocycles. The molecule has 2 aliphatic carbocycles. The number of aliphatic hydroxyl groups is 1. The van der Waals surface area contributed by atoms with E-state index in [0.29, 0.717) is 5.92 Å². The van der Waals surface area contributed by atoms with E-state index in [1.807, 2.05) is 12.3 Å².